The van der Waals surface area contributed by atoms with Gasteiger partial charge in [0.1, 0.15) is 6.04 Å². The molecule has 0 aromatic heterocycles. The van der Waals surface area contributed by atoms with E-state index in [4.69, 9.17) is 0 Å². The number of para-hydroxylation sites is 1. The van der Waals surface area contributed by atoms with E-state index in [1.165, 1.54) is 4.90 Å². The summed E-state index contributed by atoms with van der Waals surface area (Å²) in [6.45, 7) is 2.59. The van der Waals surface area contributed by atoms with Crippen molar-refractivity contribution >= 4 is 17.6 Å². The molecule has 3 rings (SSSR count). The van der Waals surface area contributed by atoms with Gasteiger partial charge in [0, 0.05) is 12.2 Å². The Morgan fingerprint density at radius 1 is 0.875 bits per heavy atom. The normalized spacial score (nSPS) is 17.6. The van der Waals surface area contributed by atoms with Crippen molar-refractivity contribution in [3.63, 3.8) is 0 Å². The van der Waals surface area contributed by atoms with Gasteiger partial charge in [0.15, 0.2) is 0 Å². The second kappa shape index (κ2) is 7.30. The highest BCUT2D eigenvalue weighted by molar-refractivity contribution is 6.14. The molecular formula is C20H22N2O2. The summed E-state index contributed by atoms with van der Waals surface area (Å²) in [5, 5.41) is 0. The number of hydrogen-bond donors (Lipinski definition) is 0. The molecule has 1 unspecified atom stereocenters. The van der Waals surface area contributed by atoms with Crippen molar-refractivity contribution < 1.29 is 9.59 Å². The van der Waals surface area contributed by atoms with Crippen molar-refractivity contribution in [2.24, 2.45) is 0 Å². The number of rotatable bonds is 6. The number of amides is 3. The lowest BCUT2D eigenvalue weighted by molar-refractivity contribution is -0.127. The smallest absolute Gasteiger partial charge is 0.277 e. The van der Waals surface area contributed by atoms with Gasteiger partial charge in [0.05, 0.1) is 0 Å². The summed E-state index contributed by atoms with van der Waals surface area (Å²) < 4.78 is 0. The Labute approximate surface area is 142 Å². The second-order valence-electron chi connectivity index (χ2n) is 6.00. The molecule has 2 aromatic rings. The van der Waals surface area contributed by atoms with Crippen LogP contribution in [0.15, 0.2) is 60.7 Å². The van der Waals surface area contributed by atoms with Gasteiger partial charge < -0.3 is 0 Å². The van der Waals surface area contributed by atoms with Crippen LogP contribution in [0, 0.1) is 0 Å². The van der Waals surface area contributed by atoms with Gasteiger partial charge in [-0.05, 0) is 24.1 Å². The molecule has 0 aliphatic carbocycles. The number of carbonyl (C=O) groups is 2. The van der Waals surface area contributed by atoms with E-state index in [9.17, 15) is 9.59 Å². The summed E-state index contributed by atoms with van der Waals surface area (Å²) in [5.74, 6) is -0.133. The minimum absolute atomic E-state index is 0.133. The van der Waals surface area contributed by atoms with E-state index in [2.05, 4.69) is 6.92 Å². The molecule has 1 aliphatic heterocycles. The first-order valence-corrected chi connectivity index (χ1v) is 8.48. The zero-order chi connectivity index (χ0) is 16.9. The average Bonchev–Trinajstić information content (AvgIpc) is 2.88. The molecule has 3 amide bonds. The largest absolute Gasteiger partial charge is 0.332 e. The first-order chi connectivity index (χ1) is 11.7. The maximum absolute atomic E-state index is 13.0. The summed E-state index contributed by atoms with van der Waals surface area (Å²) in [6, 6.07) is 18.1. The minimum atomic E-state index is -0.581. The molecular weight excluding hydrogens is 300 g/mol. The fourth-order valence-corrected chi connectivity index (χ4v) is 3.09. The van der Waals surface area contributed by atoms with Gasteiger partial charge in [-0.15, -0.1) is 0 Å². The molecule has 0 bridgehead atoms. The first kappa shape index (κ1) is 16.2. The molecule has 1 fully saturated rings. The summed E-state index contributed by atoms with van der Waals surface area (Å²) in [5.41, 5.74) is 1.60. The Morgan fingerprint density at radius 3 is 2.12 bits per heavy atom. The van der Waals surface area contributed by atoms with Crippen LogP contribution in [0.5, 0.6) is 0 Å². The van der Waals surface area contributed by atoms with Crippen LogP contribution in [0.2, 0.25) is 0 Å². The Hall–Kier alpha value is -2.62. The minimum Gasteiger partial charge on any atom is -0.277 e. The summed E-state index contributed by atoms with van der Waals surface area (Å²) in [7, 11) is 0. The van der Waals surface area contributed by atoms with E-state index in [1.54, 1.807) is 4.90 Å². The third-order valence-corrected chi connectivity index (χ3v) is 4.33. The molecule has 0 spiro atoms. The predicted octanol–water partition coefficient (Wildman–Crippen LogP) is 4.39. The van der Waals surface area contributed by atoms with E-state index >= 15 is 0 Å². The lowest BCUT2D eigenvalue weighted by Crippen LogP contribution is -2.33. The first-order valence-electron chi connectivity index (χ1n) is 8.48. The molecule has 1 atom stereocenters. The van der Waals surface area contributed by atoms with Crippen LogP contribution >= 0.6 is 0 Å². The fourth-order valence-electron chi connectivity index (χ4n) is 3.09. The SMILES string of the molecule is CCCCCN1C(=O)C(c2ccccc2)N(c2ccccc2)C1=O. The summed E-state index contributed by atoms with van der Waals surface area (Å²) in [4.78, 5) is 28.9. The Balaban J connectivity index is 1.96. The van der Waals surface area contributed by atoms with Crippen molar-refractivity contribution in [3.05, 3.63) is 66.2 Å². The predicted molar refractivity (Wildman–Crippen MR) is 94.7 cm³/mol. The zero-order valence-corrected chi connectivity index (χ0v) is 13.9. The molecule has 4 heteroatoms. The second-order valence-corrected chi connectivity index (χ2v) is 6.00. The lowest BCUT2D eigenvalue weighted by Gasteiger charge is -2.22. The van der Waals surface area contributed by atoms with Crippen LogP contribution in [-0.2, 0) is 4.79 Å². The van der Waals surface area contributed by atoms with E-state index in [0.717, 1.165) is 30.5 Å². The molecule has 4 nitrogen and oxygen atoms in total. The number of unbranched alkanes of at least 4 members (excludes halogenated alkanes) is 2. The van der Waals surface area contributed by atoms with Gasteiger partial charge in [-0.1, -0.05) is 68.3 Å². The fraction of sp³-hybridized carbons (Fsp3) is 0.300. The molecule has 24 heavy (non-hydrogen) atoms. The summed E-state index contributed by atoms with van der Waals surface area (Å²) in [6.07, 6.45) is 2.91. The molecule has 1 heterocycles. The Kier molecular flexibility index (Phi) is 4.94. The monoisotopic (exact) mass is 322 g/mol. The topological polar surface area (TPSA) is 40.6 Å². The third-order valence-electron chi connectivity index (χ3n) is 4.33. The number of benzene rings is 2. The third kappa shape index (κ3) is 3.04. The Bertz CT molecular complexity index is 643. The van der Waals surface area contributed by atoms with Crippen molar-refractivity contribution in [1.82, 2.24) is 4.90 Å². The van der Waals surface area contributed by atoms with Crippen molar-refractivity contribution in [2.45, 2.75) is 32.2 Å². The van der Waals surface area contributed by atoms with Crippen LogP contribution < -0.4 is 4.90 Å². The van der Waals surface area contributed by atoms with Crippen LogP contribution in [0.25, 0.3) is 0 Å². The van der Waals surface area contributed by atoms with E-state index in [-0.39, 0.29) is 11.9 Å². The molecule has 0 N–H and O–H groups in total. The standard InChI is InChI=1S/C20H22N2O2/c1-2-3-10-15-21-19(23)18(16-11-6-4-7-12-16)22(20(21)24)17-13-8-5-9-14-17/h4-9,11-14,18H,2-3,10,15H2,1H3. The number of carbonyl (C=O) groups excluding carboxylic acids is 2. The van der Waals surface area contributed by atoms with E-state index in [0.29, 0.717) is 6.54 Å². The highest BCUT2D eigenvalue weighted by Crippen LogP contribution is 2.35. The number of imide groups is 1. The van der Waals surface area contributed by atoms with Crippen molar-refractivity contribution in [1.29, 1.82) is 0 Å². The average molecular weight is 322 g/mol. The number of nitrogens with zero attached hydrogens (tertiary/aromatic N) is 2. The van der Waals surface area contributed by atoms with Crippen LogP contribution in [0.4, 0.5) is 10.5 Å². The van der Waals surface area contributed by atoms with Gasteiger partial charge in [-0.3, -0.25) is 14.6 Å². The van der Waals surface area contributed by atoms with Gasteiger partial charge >= 0.3 is 6.03 Å². The molecule has 2 aromatic carbocycles. The van der Waals surface area contributed by atoms with Crippen LogP contribution in [0.3, 0.4) is 0 Å². The maximum atomic E-state index is 13.0. The number of hydrogen-bond acceptors (Lipinski definition) is 2. The molecule has 0 saturated carbocycles. The van der Waals surface area contributed by atoms with Crippen LogP contribution in [-0.4, -0.2) is 23.4 Å². The van der Waals surface area contributed by atoms with Gasteiger partial charge in [-0.25, -0.2) is 4.79 Å². The van der Waals surface area contributed by atoms with E-state index < -0.39 is 6.04 Å². The molecule has 0 radical (unpaired) electrons. The quantitative estimate of drug-likeness (QED) is 0.585. The molecule has 124 valence electrons. The lowest BCUT2D eigenvalue weighted by atomic mass is 10.1. The number of urea groups is 1. The van der Waals surface area contributed by atoms with E-state index in [1.807, 2.05) is 60.7 Å². The highest BCUT2D eigenvalue weighted by atomic mass is 16.2. The van der Waals surface area contributed by atoms with Crippen LogP contribution in [0.1, 0.15) is 37.8 Å². The zero-order valence-electron chi connectivity index (χ0n) is 13.9. The highest BCUT2D eigenvalue weighted by Gasteiger charge is 2.46. The number of anilines is 1. The maximum Gasteiger partial charge on any atom is 0.332 e. The van der Waals surface area contributed by atoms with Gasteiger partial charge in [0.25, 0.3) is 5.91 Å². The summed E-state index contributed by atoms with van der Waals surface area (Å²) >= 11 is 0. The van der Waals surface area contributed by atoms with Gasteiger partial charge in [0.2, 0.25) is 0 Å². The molecule has 1 aliphatic rings. The molecule has 1 saturated heterocycles. The van der Waals surface area contributed by atoms with Crippen molar-refractivity contribution in [3.8, 4) is 0 Å². The van der Waals surface area contributed by atoms with Gasteiger partial charge in [-0.2, -0.15) is 0 Å². The van der Waals surface area contributed by atoms with Crippen molar-refractivity contribution in [2.75, 3.05) is 11.4 Å². The Morgan fingerprint density at radius 2 is 1.50 bits per heavy atom.